The number of methoxy groups -OCH3 is 1. The number of nitrogens with zero attached hydrogens (tertiary/aromatic N) is 3. The first-order chi connectivity index (χ1) is 32.1. The summed E-state index contributed by atoms with van der Waals surface area (Å²) in [4.78, 5) is 62.5. The van der Waals surface area contributed by atoms with E-state index in [2.05, 4.69) is 16.0 Å². The van der Waals surface area contributed by atoms with E-state index in [-0.39, 0.29) is 67.2 Å². The highest BCUT2D eigenvalue weighted by molar-refractivity contribution is 6.18. The van der Waals surface area contributed by atoms with E-state index in [0.29, 0.717) is 43.7 Å². The van der Waals surface area contributed by atoms with Crippen molar-refractivity contribution >= 4 is 61.9 Å². The van der Waals surface area contributed by atoms with Crippen LogP contribution in [0.4, 0.5) is 16.2 Å². The van der Waals surface area contributed by atoms with Crippen molar-refractivity contribution in [1.29, 1.82) is 0 Å². The minimum Gasteiger partial charge on any atom is -0.507 e. The lowest BCUT2D eigenvalue weighted by atomic mass is 9.78. The number of nitrogens with one attached hydrogen (secondary N) is 3. The number of aliphatic hydroxyl groups excluding tert-OH is 4. The van der Waals surface area contributed by atoms with Crippen molar-refractivity contribution in [3.63, 3.8) is 0 Å². The molecule has 5 bridgehead atoms. The molecule has 0 aliphatic carbocycles. The highest BCUT2D eigenvalue weighted by atomic mass is 16.7. The molecular formula is C50H64N6O12. The topological polar surface area (TPSA) is 254 Å². The van der Waals surface area contributed by atoms with Gasteiger partial charge in [-0.15, -0.1) is 0 Å². The zero-order chi connectivity index (χ0) is 49.7. The molecule has 68 heavy (non-hydrogen) atoms. The Morgan fingerprint density at radius 3 is 2.28 bits per heavy atom. The molecule has 0 unspecified atom stereocenters. The second kappa shape index (κ2) is 19.4. The van der Waals surface area contributed by atoms with Crippen molar-refractivity contribution in [2.45, 2.75) is 104 Å². The average molecular weight is 941 g/mol. The zero-order valence-corrected chi connectivity index (χ0v) is 40.2. The molecule has 4 aromatic rings. The molecule has 0 spiro atoms. The van der Waals surface area contributed by atoms with Gasteiger partial charge in [0.25, 0.3) is 5.91 Å². The maximum Gasteiger partial charge on any atom is 0.314 e. The van der Waals surface area contributed by atoms with Gasteiger partial charge in [-0.25, -0.2) is 9.78 Å². The van der Waals surface area contributed by atoms with Crippen molar-refractivity contribution in [2.75, 3.05) is 37.0 Å². The second-order valence-electron chi connectivity index (χ2n) is 18.7. The summed E-state index contributed by atoms with van der Waals surface area (Å²) in [5, 5.41) is 66.4. The lowest BCUT2D eigenvalue weighted by molar-refractivity contribution is -0.112. The SMILES string of the molecule is CCNC(=O)NC1CCN(c2cc(=O)c3nc4c5c6c7c(C)c(O)c5c(=O)c(c4n(C)c3c2)NC(=O)/C(C)=C\C=C\[C@H](C)[C@H](O)[C@@H](C)[C@@H](O)[C@@H](C)[C@H](O)[C@H](C)[C@@H](OC)/C=C/O[C@@](C)(O7)C=6O)CC1. The second-order valence-corrected chi connectivity index (χ2v) is 18.7. The normalized spacial score (nSPS) is 29.4. The molecule has 1 saturated heterocycles. The van der Waals surface area contributed by atoms with Gasteiger partial charge < -0.3 is 65.2 Å². The van der Waals surface area contributed by atoms with E-state index in [1.54, 1.807) is 57.5 Å². The number of anilines is 2. The molecule has 1 fully saturated rings. The third-order valence-corrected chi connectivity index (χ3v) is 14.2. The molecule has 366 valence electrons. The first-order valence-corrected chi connectivity index (χ1v) is 23.1. The number of hydrogen-bond acceptors (Lipinski definition) is 14. The predicted octanol–water partition coefficient (Wildman–Crippen LogP) is 4.02. The molecule has 5 heterocycles. The van der Waals surface area contributed by atoms with Crippen LogP contribution in [0.1, 0.15) is 66.9 Å². The van der Waals surface area contributed by atoms with Gasteiger partial charge in [-0.05, 0) is 45.8 Å². The molecule has 8 N–H and O–H groups in total. The van der Waals surface area contributed by atoms with E-state index in [1.165, 1.54) is 52.4 Å². The summed E-state index contributed by atoms with van der Waals surface area (Å²) in [6.07, 6.45) is 4.74. The van der Waals surface area contributed by atoms with Crippen LogP contribution in [0.2, 0.25) is 0 Å². The number of piperidine rings is 1. The lowest BCUT2D eigenvalue weighted by Gasteiger charge is -2.36. The Kier molecular flexibility index (Phi) is 14.2. The molecule has 0 radical (unpaired) electrons. The number of aromatic hydroxyl groups is 1. The Bertz CT molecular complexity index is 2920. The van der Waals surface area contributed by atoms with Crippen LogP contribution in [0.3, 0.4) is 0 Å². The Morgan fingerprint density at radius 2 is 1.62 bits per heavy atom. The number of aliphatic hydroxyl groups is 4. The van der Waals surface area contributed by atoms with Crippen molar-refractivity contribution in [3.05, 3.63) is 79.5 Å². The average Bonchev–Trinajstić information content (AvgIpc) is 3.58. The number of benzene rings is 3. The van der Waals surface area contributed by atoms with Crippen LogP contribution in [-0.4, -0.2) is 110 Å². The summed E-state index contributed by atoms with van der Waals surface area (Å²) in [5.41, 5.74) is -0.300. The minimum atomic E-state index is -1.96. The molecule has 4 aliphatic heterocycles. The van der Waals surface area contributed by atoms with Gasteiger partial charge in [-0.1, -0.05) is 45.9 Å². The maximum atomic E-state index is 15.0. The van der Waals surface area contributed by atoms with Gasteiger partial charge in [0.05, 0.1) is 57.8 Å². The van der Waals surface area contributed by atoms with E-state index in [9.17, 15) is 39.9 Å². The number of ether oxygens (including phenoxy) is 3. The largest absolute Gasteiger partial charge is 0.507 e. The number of amides is 3. The quantitative estimate of drug-likeness (QED) is 0.106. The highest BCUT2D eigenvalue weighted by Crippen LogP contribution is 2.42. The number of carbonyl (C=O) groups is 2. The number of carbonyl (C=O) groups excluding carboxylic acids is 2. The van der Waals surface area contributed by atoms with Gasteiger partial charge in [-0.2, -0.15) is 0 Å². The molecule has 3 aromatic carbocycles. The standard InChI is InChI=1S/C50H64N6O12/c1-11-51-49(65)52-29-15-18-56(19-16-29)30-21-31-37(32(57)22-30)53-38-34-35-44(61)28(7)46-36(34)47(63)50(8,68-46)67-20-17-33(66-10)25(4)42(59)27(6)43(60)26(5)41(58)23(2)13-12-14-24(3)48(64)54-39(45(35)62)40(38)55(31)9/h12-14,17,20-23,25-27,29,33,41-43,58-61,63H,11,15-16,18-19H2,1-10H3,(H,54,64)(H2,51,52,65)/b13-12+,20-17+,24-14-/t23-,25+,26+,27-,33-,41-,42+,43+,50-/m0/s1. The number of aromatic nitrogens is 2. The first kappa shape index (κ1) is 49.7. The first-order valence-electron chi connectivity index (χ1n) is 23.1. The number of phenolic OH excluding ortho intramolecular Hbond substituents is 1. The molecule has 18 nitrogen and oxygen atoms in total. The molecule has 1 aromatic heterocycles. The summed E-state index contributed by atoms with van der Waals surface area (Å²) >= 11 is 0. The third kappa shape index (κ3) is 8.85. The van der Waals surface area contributed by atoms with Crippen LogP contribution in [0.5, 0.6) is 11.5 Å². The van der Waals surface area contributed by atoms with Crippen LogP contribution in [0.25, 0.3) is 38.6 Å². The predicted molar refractivity (Wildman–Crippen MR) is 260 cm³/mol. The molecule has 3 amide bonds. The summed E-state index contributed by atoms with van der Waals surface area (Å²) in [6, 6.07) is 2.95. The fourth-order valence-electron chi connectivity index (χ4n) is 9.79. The lowest BCUT2D eigenvalue weighted by Crippen LogP contribution is -2.48. The van der Waals surface area contributed by atoms with Gasteiger partial charge in [0.15, 0.2) is 5.76 Å². The molecule has 4 aliphatic rings. The maximum absolute atomic E-state index is 15.0. The van der Waals surface area contributed by atoms with E-state index in [4.69, 9.17) is 19.2 Å². The molecule has 8 rings (SSSR count). The molecule has 18 heteroatoms. The van der Waals surface area contributed by atoms with Crippen molar-refractivity contribution in [1.82, 2.24) is 20.2 Å². The number of hydrogen-bond donors (Lipinski definition) is 8. The van der Waals surface area contributed by atoms with Crippen molar-refractivity contribution < 1.29 is 49.3 Å². The Balaban J connectivity index is 1.46. The minimum absolute atomic E-state index is 0.00618. The fourth-order valence-corrected chi connectivity index (χ4v) is 9.79. The number of rotatable bonds is 4. The molecule has 9 atom stereocenters. The van der Waals surface area contributed by atoms with Gasteiger partial charge in [0.2, 0.25) is 10.9 Å². The number of aryl methyl sites for hydroxylation is 1. The number of urea groups is 1. The van der Waals surface area contributed by atoms with Crippen LogP contribution >= 0.6 is 0 Å². The number of fused-ring (bicyclic) bond motifs is 14. The molecule has 0 saturated carbocycles. The van der Waals surface area contributed by atoms with Crippen molar-refractivity contribution in [3.8, 4) is 11.5 Å². The van der Waals surface area contributed by atoms with E-state index < -0.39 is 82.1 Å². The highest BCUT2D eigenvalue weighted by Gasteiger charge is 2.44. The van der Waals surface area contributed by atoms with Gasteiger partial charge >= 0.3 is 11.8 Å². The summed E-state index contributed by atoms with van der Waals surface area (Å²) < 4.78 is 19.7. The Labute approximate surface area is 393 Å². The molecular weight excluding hydrogens is 877 g/mol. The number of phenols is 1. The van der Waals surface area contributed by atoms with Crippen LogP contribution in [0.15, 0.2) is 57.9 Å². The van der Waals surface area contributed by atoms with Crippen LogP contribution in [0, 0.1) is 30.6 Å². The van der Waals surface area contributed by atoms with Gasteiger partial charge in [-0.3, -0.25) is 14.4 Å². The van der Waals surface area contributed by atoms with E-state index in [1.807, 2.05) is 11.8 Å². The van der Waals surface area contributed by atoms with Gasteiger partial charge in [0.1, 0.15) is 22.7 Å². The number of allylic oxidation sites excluding steroid dienone is 2. The van der Waals surface area contributed by atoms with Crippen LogP contribution < -0.4 is 41.7 Å². The zero-order valence-electron chi connectivity index (χ0n) is 40.2. The fraction of sp³-hybridized carbons (Fsp3) is 0.500. The van der Waals surface area contributed by atoms with Gasteiger partial charge in [0, 0.05) is 98.7 Å². The Hall–Kier alpha value is -6.21. The third-order valence-electron chi connectivity index (χ3n) is 14.2. The van der Waals surface area contributed by atoms with Crippen molar-refractivity contribution in [2.24, 2.45) is 30.7 Å². The van der Waals surface area contributed by atoms with E-state index in [0.717, 1.165) is 0 Å². The summed E-state index contributed by atoms with van der Waals surface area (Å²) in [7, 11) is 3.07. The summed E-state index contributed by atoms with van der Waals surface area (Å²) in [6.45, 7) is 14.7. The monoisotopic (exact) mass is 940 g/mol. The Morgan fingerprint density at radius 1 is 0.956 bits per heavy atom. The smallest absolute Gasteiger partial charge is 0.314 e. The van der Waals surface area contributed by atoms with E-state index >= 15 is 4.79 Å². The summed E-state index contributed by atoms with van der Waals surface area (Å²) in [5.74, 6) is -6.17. The van der Waals surface area contributed by atoms with Crippen LogP contribution in [-0.2, 0) is 21.3 Å².